The lowest BCUT2D eigenvalue weighted by Crippen LogP contribution is -2.61. The van der Waals surface area contributed by atoms with Crippen molar-refractivity contribution in [3.63, 3.8) is 0 Å². The van der Waals surface area contributed by atoms with Crippen LogP contribution in [0.2, 0.25) is 0 Å². The van der Waals surface area contributed by atoms with E-state index in [1.54, 1.807) is 17.1 Å². The van der Waals surface area contributed by atoms with Crippen molar-refractivity contribution in [3.05, 3.63) is 106 Å². The number of Topliss-reactive ketones (excluding diaryl/α,β-unsaturated/α-hetero) is 2. The minimum atomic E-state index is -0.867. The fraction of sp³-hybridized carbons (Fsp3) is 0.257. The SMILES string of the molecule is CN(N(C1=CC(=O)c2nc(-c3cc(F)ccc3F)oc2C1=O)C1CCC1)N(C1=CC(=O)c2nc(-c3cc(F)ccc3F)oc2C1=O)C1CCC1. The van der Waals surface area contributed by atoms with Gasteiger partial charge in [-0.3, -0.25) is 29.2 Å². The summed E-state index contributed by atoms with van der Waals surface area (Å²) in [6.07, 6.45) is 6.26. The summed E-state index contributed by atoms with van der Waals surface area (Å²) >= 11 is 0. The van der Waals surface area contributed by atoms with Crippen LogP contribution in [0.3, 0.4) is 0 Å². The van der Waals surface area contributed by atoms with Crippen LogP contribution in [-0.2, 0) is 0 Å². The summed E-state index contributed by atoms with van der Waals surface area (Å²) in [6, 6.07) is 4.62. The molecule has 254 valence electrons. The lowest BCUT2D eigenvalue weighted by atomic mass is 9.90. The summed E-state index contributed by atoms with van der Waals surface area (Å²) in [6.45, 7) is 0. The first-order valence-electron chi connectivity index (χ1n) is 15.9. The van der Waals surface area contributed by atoms with Crippen molar-refractivity contribution < 1.29 is 45.6 Å². The van der Waals surface area contributed by atoms with Gasteiger partial charge in [-0.1, -0.05) is 0 Å². The number of carbonyl (C=O) groups excluding carboxylic acids is 4. The van der Waals surface area contributed by atoms with Gasteiger partial charge in [0.15, 0.2) is 11.4 Å². The van der Waals surface area contributed by atoms with Gasteiger partial charge in [0.1, 0.15) is 34.7 Å². The number of carbonyl (C=O) groups is 4. The molecule has 0 unspecified atom stereocenters. The Hall–Kier alpha value is -5.70. The molecule has 15 heteroatoms. The van der Waals surface area contributed by atoms with Crippen LogP contribution >= 0.6 is 0 Å². The van der Waals surface area contributed by atoms with Crippen LogP contribution < -0.4 is 0 Å². The Labute approximate surface area is 280 Å². The van der Waals surface area contributed by atoms with Gasteiger partial charge in [0.25, 0.3) is 0 Å². The molecule has 0 aliphatic heterocycles. The van der Waals surface area contributed by atoms with Crippen molar-refractivity contribution >= 4 is 23.1 Å². The van der Waals surface area contributed by atoms with Gasteiger partial charge in [-0.25, -0.2) is 27.5 Å². The number of oxazole rings is 2. The number of fused-ring (bicyclic) bond motifs is 2. The summed E-state index contributed by atoms with van der Waals surface area (Å²) < 4.78 is 68.3. The fourth-order valence-electron chi connectivity index (χ4n) is 6.47. The Kier molecular flexibility index (Phi) is 7.40. The first-order valence-corrected chi connectivity index (χ1v) is 15.9. The molecule has 4 aliphatic carbocycles. The number of allylic oxidation sites excluding steroid dienone is 4. The molecule has 0 radical (unpaired) electrons. The summed E-state index contributed by atoms with van der Waals surface area (Å²) in [5.41, 5.74) is -1.67. The number of halogens is 4. The Morgan fingerprint density at radius 2 is 1.04 bits per heavy atom. The van der Waals surface area contributed by atoms with Crippen molar-refractivity contribution in [1.29, 1.82) is 0 Å². The molecule has 4 aromatic rings. The first-order chi connectivity index (χ1) is 24.0. The predicted molar refractivity (Wildman–Crippen MR) is 164 cm³/mol. The number of ketones is 4. The second-order valence-corrected chi connectivity index (χ2v) is 12.4. The Bertz CT molecular complexity index is 2060. The molecule has 0 N–H and O–H groups in total. The Morgan fingerprint density at radius 3 is 1.40 bits per heavy atom. The number of hydrazine groups is 2. The number of benzene rings is 2. The highest BCUT2D eigenvalue weighted by Crippen LogP contribution is 2.40. The van der Waals surface area contributed by atoms with Crippen molar-refractivity contribution in [3.8, 4) is 22.9 Å². The average molecular weight is 688 g/mol. The molecule has 2 saturated carbocycles. The number of nitrogens with zero attached hydrogens (tertiary/aromatic N) is 5. The molecule has 0 bridgehead atoms. The van der Waals surface area contributed by atoms with E-state index >= 15 is 0 Å². The number of hydrogen-bond donors (Lipinski definition) is 0. The molecule has 2 aromatic carbocycles. The zero-order chi connectivity index (χ0) is 35.0. The van der Waals surface area contributed by atoms with Gasteiger partial charge in [0.2, 0.25) is 46.4 Å². The quantitative estimate of drug-likeness (QED) is 0.154. The third kappa shape index (κ3) is 4.99. The van der Waals surface area contributed by atoms with Crippen molar-refractivity contribution in [2.45, 2.75) is 50.6 Å². The van der Waals surface area contributed by atoms with Crippen LogP contribution in [0.5, 0.6) is 0 Å². The van der Waals surface area contributed by atoms with E-state index < -0.39 is 69.7 Å². The number of aromatic nitrogens is 2. The second-order valence-electron chi connectivity index (χ2n) is 12.4. The third-order valence-electron chi connectivity index (χ3n) is 9.41. The molecular weight excluding hydrogens is 662 g/mol. The van der Waals surface area contributed by atoms with Crippen LogP contribution in [0.1, 0.15) is 80.6 Å². The van der Waals surface area contributed by atoms with Gasteiger partial charge >= 0.3 is 0 Å². The third-order valence-corrected chi connectivity index (χ3v) is 9.41. The van der Waals surface area contributed by atoms with E-state index in [0.717, 1.165) is 61.4 Å². The predicted octanol–water partition coefficient (Wildman–Crippen LogP) is 6.25. The van der Waals surface area contributed by atoms with Gasteiger partial charge < -0.3 is 8.83 Å². The highest BCUT2D eigenvalue weighted by atomic mass is 19.1. The average Bonchev–Trinajstić information content (AvgIpc) is 3.70. The number of rotatable bonds is 8. The maximum atomic E-state index is 14.6. The minimum absolute atomic E-state index is 0.110. The van der Waals surface area contributed by atoms with Gasteiger partial charge in [-0.15, -0.1) is 5.12 Å². The monoisotopic (exact) mass is 687 g/mol. The highest BCUT2D eigenvalue weighted by Gasteiger charge is 2.46. The van der Waals surface area contributed by atoms with E-state index in [1.807, 2.05) is 0 Å². The standard InChI is InChI=1S/C35H25F4N5O6/c1-42(43(18-4-2-5-18)24-14-26(45)28-32(30(24)47)49-34(40-28)20-12-16(36)8-10-22(20)38)44(19-6-3-7-19)25-15-27(46)29-33(31(25)48)50-35(41-29)21-13-17(37)9-11-23(21)39/h8-15,18-19H,2-7H2,1H3. The van der Waals surface area contributed by atoms with Gasteiger partial charge in [0, 0.05) is 31.3 Å². The molecule has 0 saturated heterocycles. The van der Waals surface area contributed by atoms with E-state index in [4.69, 9.17) is 8.83 Å². The molecule has 0 amide bonds. The molecule has 11 nitrogen and oxygen atoms in total. The van der Waals surface area contributed by atoms with Crippen LogP contribution in [0.15, 0.2) is 68.8 Å². The van der Waals surface area contributed by atoms with Crippen LogP contribution in [0, 0.1) is 23.3 Å². The molecular formula is C35H25F4N5O6. The van der Waals surface area contributed by atoms with Gasteiger partial charge in [-0.2, -0.15) is 0 Å². The molecule has 2 aromatic heterocycles. The topological polar surface area (TPSA) is 130 Å². The lowest BCUT2D eigenvalue weighted by molar-refractivity contribution is -0.183. The molecule has 2 heterocycles. The smallest absolute Gasteiger partial charge is 0.248 e. The highest BCUT2D eigenvalue weighted by molar-refractivity contribution is 6.23. The largest absolute Gasteiger partial charge is 0.432 e. The molecule has 0 atom stereocenters. The normalized spacial score (nSPS) is 17.6. The summed E-state index contributed by atoms with van der Waals surface area (Å²) in [5.74, 6) is -7.99. The van der Waals surface area contributed by atoms with E-state index in [-0.39, 0.29) is 46.0 Å². The van der Waals surface area contributed by atoms with Crippen molar-refractivity contribution in [2.24, 2.45) is 0 Å². The summed E-state index contributed by atoms with van der Waals surface area (Å²) in [4.78, 5) is 62.9. The molecule has 8 rings (SSSR count). The van der Waals surface area contributed by atoms with E-state index in [9.17, 15) is 36.7 Å². The lowest BCUT2D eigenvalue weighted by Gasteiger charge is -2.53. The molecule has 50 heavy (non-hydrogen) atoms. The zero-order valence-corrected chi connectivity index (χ0v) is 26.2. The van der Waals surface area contributed by atoms with Crippen molar-refractivity contribution in [2.75, 3.05) is 7.05 Å². The van der Waals surface area contributed by atoms with Crippen LogP contribution in [-0.4, -0.2) is 67.4 Å². The molecule has 2 fully saturated rings. The fourth-order valence-corrected chi connectivity index (χ4v) is 6.47. The maximum absolute atomic E-state index is 14.6. The summed E-state index contributed by atoms with van der Waals surface area (Å²) in [7, 11) is 1.58. The second kappa shape index (κ2) is 11.7. The Morgan fingerprint density at radius 1 is 0.640 bits per heavy atom. The number of hydrogen-bond acceptors (Lipinski definition) is 11. The van der Waals surface area contributed by atoms with E-state index in [2.05, 4.69) is 9.97 Å². The van der Waals surface area contributed by atoms with Gasteiger partial charge in [-0.05, 0) is 74.9 Å². The first kappa shape index (κ1) is 31.6. The van der Waals surface area contributed by atoms with Crippen LogP contribution in [0.25, 0.3) is 22.9 Å². The Balaban J connectivity index is 1.16. The van der Waals surface area contributed by atoms with Crippen molar-refractivity contribution in [1.82, 2.24) is 25.1 Å². The minimum Gasteiger partial charge on any atom is -0.432 e. The molecule has 4 aliphatic rings. The van der Waals surface area contributed by atoms with Gasteiger partial charge in [0.05, 0.1) is 11.1 Å². The maximum Gasteiger partial charge on any atom is 0.248 e. The summed E-state index contributed by atoms with van der Waals surface area (Å²) in [5, 5.41) is 4.65. The zero-order valence-electron chi connectivity index (χ0n) is 26.2. The van der Waals surface area contributed by atoms with Crippen LogP contribution in [0.4, 0.5) is 17.6 Å². The van der Waals surface area contributed by atoms with E-state index in [1.165, 1.54) is 5.12 Å². The van der Waals surface area contributed by atoms with E-state index in [0.29, 0.717) is 25.7 Å². The molecule has 0 spiro atoms.